The van der Waals surface area contributed by atoms with Crippen LogP contribution in [0.1, 0.15) is 22.4 Å². The maximum atomic E-state index is 6.36. The lowest BCUT2D eigenvalue weighted by molar-refractivity contribution is 0.301. The van der Waals surface area contributed by atoms with Gasteiger partial charge in [-0.3, -0.25) is 0 Å². The van der Waals surface area contributed by atoms with Crippen LogP contribution in [-0.4, -0.2) is 20.0 Å². The van der Waals surface area contributed by atoms with E-state index in [0.29, 0.717) is 18.3 Å². The van der Waals surface area contributed by atoms with Gasteiger partial charge < -0.3 is 4.74 Å². The Labute approximate surface area is 172 Å². The predicted molar refractivity (Wildman–Crippen MR) is 111 cm³/mol. The fourth-order valence-corrected chi connectivity index (χ4v) is 3.27. The molecule has 0 bridgehead atoms. The molecule has 0 aliphatic heterocycles. The molecule has 0 saturated carbocycles. The first-order chi connectivity index (χ1) is 13.5. The van der Waals surface area contributed by atoms with Crippen LogP contribution in [-0.2, 0) is 13.2 Å². The molecule has 0 spiro atoms. The molecule has 0 amide bonds. The van der Waals surface area contributed by atoms with Gasteiger partial charge in [0.15, 0.2) is 0 Å². The Kier molecular flexibility index (Phi) is 5.20. The second-order valence-corrected chi connectivity index (χ2v) is 7.51. The van der Waals surface area contributed by atoms with Gasteiger partial charge in [0.1, 0.15) is 23.2 Å². The van der Waals surface area contributed by atoms with Gasteiger partial charge in [0.25, 0.3) is 0 Å². The van der Waals surface area contributed by atoms with Gasteiger partial charge in [-0.05, 0) is 55.8 Å². The number of nitrogens with zero attached hydrogens (tertiary/aromatic N) is 4. The zero-order valence-electron chi connectivity index (χ0n) is 15.5. The monoisotopic (exact) mass is 412 g/mol. The van der Waals surface area contributed by atoms with Gasteiger partial charge in [-0.15, -0.1) is 5.10 Å². The fraction of sp³-hybridized carbons (Fsp3) is 0.190. The Bertz CT molecular complexity index is 1160. The molecule has 0 N–H and O–H groups in total. The number of benzene rings is 2. The van der Waals surface area contributed by atoms with Crippen LogP contribution in [0.15, 0.2) is 48.7 Å². The van der Waals surface area contributed by atoms with Gasteiger partial charge in [0.05, 0.1) is 18.3 Å². The molecular weight excluding hydrogens is 395 g/mol. The standard InChI is InChI=1S/C21H18Cl2N4O/c1-13-3-6-20-15(7-13)9-16(21(23)24-20)10-27-11-17(25-26-27)12-28-18-4-5-19(22)14(2)8-18/h3-9,11H,10,12H2,1-2H3. The van der Waals surface area contributed by atoms with Crippen LogP contribution in [0.3, 0.4) is 0 Å². The molecule has 142 valence electrons. The van der Waals surface area contributed by atoms with Gasteiger partial charge >= 0.3 is 0 Å². The Morgan fingerprint density at radius 1 is 1.04 bits per heavy atom. The van der Waals surface area contributed by atoms with Crippen molar-refractivity contribution in [1.29, 1.82) is 0 Å². The van der Waals surface area contributed by atoms with Crippen LogP contribution < -0.4 is 4.74 Å². The van der Waals surface area contributed by atoms with Crippen molar-refractivity contribution in [2.45, 2.75) is 27.0 Å². The van der Waals surface area contributed by atoms with E-state index in [1.807, 2.05) is 49.5 Å². The van der Waals surface area contributed by atoms with Crippen molar-refractivity contribution in [2.75, 3.05) is 0 Å². The van der Waals surface area contributed by atoms with Crippen molar-refractivity contribution in [1.82, 2.24) is 20.0 Å². The van der Waals surface area contributed by atoms with Gasteiger partial charge in [-0.1, -0.05) is 40.0 Å². The molecule has 0 atom stereocenters. The van der Waals surface area contributed by atoms with Crippen LogP contribution in [0.2, 0.25) is 10.2 Å². The molecule has 0 saturated heterocycles. The Morgan fingerprint density at radius 2 is 1.89 bits per heavy atom. The van der Waals surface area contributed by atoms with Gasteiger partial charge in [-0.25, -0.2) is 9.67 Å². The second-order valence-electron chi connectivity index (χ2n) is 6.74. The third-order valence-corrected chi connectivity index (χ3v) is 5.18. The molecular formula is C21H18Cl2N4O. The highest BCUT2D eigenvalue weighted by Crippen LogP contribution is 2.23. The first kappa shape index (κ1) is 18.7. The molecule has 2 heterocycles. The summed E-state index contributed by atoms with van der Waals surface area (Å²) in [5.74, 6) is 0.744. The van der Waals surface area contributed by atoms with E-state index in [1.54, 1.807) is 4.68 Å². The van der Waals surface area contributed by atoms with E-state index in [9.17, 15) is 0 Å². The van der Waals surface area contributed by atoms with Crippen LogP contribution >= 0.6 is 23.2 Å². The fourth-order valence-electron chi connectivity index (χ4n) is 2.95. The van der Waals surface area contributed by atoms with Crippen molar-refractivity contribution in [3.8, 4) is 5.75 Å². The summed E-state index contributed by atoms with van der Waals surface area (Å²) in [6, 6.07) is 13.7. The summed E-state index contributed by atoms with van der Waals surface area (Å²) < 4.78 is 7.51. The lowest BCUT2D eigenvalue weighted by atomic mass is 10.1. The third kappa shape index (κ3) is 4.11. The van der Waals surface area contributed by atoms with Gasteiger partial charge in [0.2, 0.25) is 0 Å². The Balaban J connectivity index is 1.48. The number of fused-ring (bicyclic) bond motifs is 1. The average Bonchev–Trinajstić information content (AvgIpc) is 3.11. The molecule has 4 rings (SSSR count). The molecule has 5 nitrogen and oxygen atoms in total. The molecule has 0 fully saturated rings. The predicted octanol–water partition coefficient (Wildman–Crippen LogP) is 5.38. The topological polar surface area (TPSA) is 52.8 Å². The summed E-state index contributed by atoms with van der Waals surface area (Å²) in [5.41, 5.74) is 4.65. The zero-order chi connectivity index (χ0) is 19.7. The summed E-state index contributed by atoms with van der Waals surface area (Å²) in [6.07, 6.45) is 1.85. The molecule has 2 aromatic carbocycles. The van der Waals surface area contributed by atoms with Crippen molar-refractivity contribution < 1.29 is 4.74 Å². The average molecular weight is 413 g/mol. The number of hydrogen-bond donors (Lipinski definition) is 0. The third-order valence-electron chi connectivity index (χ3n) is 4.43. The summed E-state index contributed by atoms with van der Waals surface area (Å²) in [6.45, 7) is 4.81. The minimum atomic E-state index is 0.323. The second kappa shape index (κ2) is 7.78. The summed E-state index contributed by atoms with van der Waals surface area (Å²) in [5, 5.41) is 10.6. The highest BCUT2D eigenvalue weighted by molar-refractivity contribution is 6.31. The van der Waals surface area contributed by atoms with E-state index in [-0.39, 0.29) is 0 Å². The molecule has 4 aromatic rings. The van der Waals surface area contributed by atoms with Crippen molar-refractivity contribution in [3.63, 3.8) is 0 Å². The lowest BCUT2D eigenvalue weighted by Gasteiger charge is -2.07. The van der Waals surface area contributed by atoms with Gasteiger partial charge in [0, 0.05) is 16.0 Å². The van der Waals surface area contributed by atoms with E-state index < -0.39 is 0 Å². The first-order valence-corrected chi connectivity index (χ1v) is 9.57. The molecule has 7 heteroatoms. The Hall–Kier alpha value is -2.63. The largest absolute Gasteiger partial charge is 0.487 e. The normalized spacial score (nSPS) is 11.1. The number of aromatic nitrogens is 4. The maximum absolute atomic E-state index is 6.36. The van der Waals surface area contributed by atoms with Crippen LogP contribution in [0.5, 0.6) is 5.75 Å². The molecule has 2 aromatic heterocycles. The van der Waals surface area contributed by atoms with Gasteiger partial charge in [-0.2, -0.15) is 0 Å². The SMILES string of the molecule is Cc1ccc2nc(Cl)c(Cn3cc(COc4ccc(Cl)c(C)c4)nn3)cc2c1. The van der Waals surface area contributed by atoms with Crippen molar-refractivity contribution >= 4 is 34.1 Å². The molecule has 28 heavy (non-hydrogen) atoms. The number of aryl methyl sites for hydroxylation is 2. The van der Waals surface area contributed by atoms with E-state index in [1.165, 1.54) is 5.56 Å². The van der Waals surface area contributed by atoms with Crippen molar-refractivity contribution in [2.24, 2.45) is 0 Å². The molecule has 0 radical (unpaired) electrons. The highest BCUT2D eigenvalue weighted by Gasteiger charge is 2.09. The summed E-state index contributed by atoms with van der Waals surface area (Å²) in [4.78, 5) is 4.48. The van der Waals surface area contributed by atoms with E-state index >= 15 is 0 Å². The van der Waals surface area contributed by atoms with E-state index in [2.05, 4.69) is 28.3 Å². The van der Waals surface area contributed by atoms with Crippen LogP contribution in [0.4, 0.5) is 0 Å². The maximum Gasteiger partial charge on any atom is 0.134 e. The number of ether oxygens (including phenoxy) is 1. The number of rotatable bonds is 5. The summed E-state index contributed by atoms with van der Waals surface area (Å²) in [7, 11) is 0. The molecule has 0 unspecified atom stereocenters. The number of hydrogen-bond acceptors (Lipinski definition) is 4. The van der Waals surface area contributed by atoms with E-state index in [4.69, 9.17) is 27.9 Å². The minimum absolute atomic E-state index is 0.323. The molecule has 0 aliphatic carbocycles. The zero-order valence-corrected chi connectivity index (χ0v) is 17.0. The van der Waals surface area contributed by atoms with Crippen LogP contribution in [0, 0.1) is 13.8 Å². The highest BCUT2D eigenvalue weighted by atomic mass is 35.5. The smallest absolute Gasteiger partial charge is 0.134 e. The first-order valence-electron chi connectivity index (χ1n) is 8.82. The number of halogens is 2. The Morgan fingerprint density at radius 3 is 2.71 bits per heavy atom. The van der Waals surface area contributed by atoms with Crippen LogP contribution in [0.25, 0.3) is 10.9 Å². The van der Waals surface area contributed by atoms with E-state index in [0.717, 1.165) is 38.5 Å². The quantitative estimate of drug-likeness (QED) is 0.413. The minimum Gasteiger partial charge on any atom is -0.487 e. The lowest BCUT2D eigenvalue weighted by Crippen LogP contribution is -2.02. The molecule has 0 aliphatic rings. The van der Waals surface area contributed by atoms with Crippen molar-refractivity contribution in [3.05, 3.63) is 81.2 Å². The summed E-state index contributed by atoms with van der Waals surface area (Å²) >= 11 is 12.4. The number of pyridine rings is 1.